The largest absolute Gasteiger partial charge is 0.406 e. The predicted octanol–water partition coefficient (Wildman–Crippen LogP) is 2.94. The lowest BCUT2D eigenvalue weighted by Crippen LogP contribution is -2.50. The molecule has 3 heterocycles. The molecular formula is C25H27F3N6O4. The third-order valence-electron chi connectivity index (χ3n) is 6.85. The van der Waals surface area contributed by atoms with Crippen LogP contribution in [-0.4, -0.2) is 78.0 Å². The van der Waals surface area contributed by atoms with Crippen molar-refractivity contribution in [2.45, 2.75) is 38.0 Å². The molecule has 1 aromatic carbocycles. The Morgan fingerprint density at radius 3 is 2.39 bits per heavy atom. The van der Waals surface area contributed by atoms with Crippen LogP contribution in [0.4, 0.5) is 13.2 Å². The number of carbonyl (C=O) groups is 3. The molecule has 38 heavy (non-hydrogen) atoms. The van der Waals surface area contributed by atoms with Gasteiger partial charge in [-0.3, -0.25) is 14.4 Å². The quantitative estimate of drug-likeness (QED) is 0.475. The third-order valence-corrected chi connectivity index (χ3v) is 6.85. The van der Waals surface area contributed by atoms with Gasteiger partial charge in [-0.15, -0.1) is 5.11 Å². The monoisotopic (exact) mass is 532 g/mol. The number of alkyl halides is 3. The van der Waals surface area contributed by atoms with Gasteiger partial charge < -0.3 is 19.4 Å². The van der Waals surface area contributed by atoms with Gasteiger partial charge in [-0.2, -0.15) is 23.5 Å². The van der Waals surface area contributed by atoms with Crippen LogP contribution in [0.2, 0.25) is 0 Å². The molecular weight excluding hydrogens is 505 g/mol. The summed E-state index contributed by atoms with van der Waals surface area (Å²) >= 11 is 0. The number of benzene rings is 1. The maximum atomic E-state index is 13.7. The molecule has 1 unspecified atom stereocenters. The number of hydrogen-bond acceptors (Lipinski definition) is 7. The van der Waals surface area contributed by atoms with Gasteiger partial charge >= 0.3 is 6.18 Å². The molecule has 4 rings (SSSR count). The second-order valence-electron chi connectivity index (χ2n) is 9.17. The first-order chi connectivity index (χ1) is 18.2. The first-order valence-electron chi connectivity index (χ1n) is 12.3. The van der Waals surface area contributed by atoms with Crippen LogP contribution in [0, 0.1) is 17.2 Å². The number of amides is 3. The molecule has 0 spiro atoms. The zero-order chi connectivity index (χ0) is 27.3. The number of halogens is 3. The Bertz CT molecular complexity index is 1170. The molecule has 10 nitrogen and oxygen atoms in total. The molecule has 0 aromatic heterocycles. The van der Waals surface area contributed by atoms with Crippen molar-refractivity contribution >= 4 is 17.7 Å². The van der Waals surface area contributed by atoms with E-state index in [0.717, 1.165) is 17.3 Å². The van der Waals surface area contributed by atoms with E-state index in [2.05, 4.69) is 10.2 Å². The van der Waals surface area contributed by atoms with Crippen molar-refractivity contribution in [3.8, 4) is 6.07 Å². The zero-order valence-corrected chi connectivity index (χ0v) is 20.6. The number of nitrogens with zero attached hydrogens (tertiary/aromatic N) is 6. The van der Waals surface area contributed by atoms with Gasteiger partial charge in [0.25, 0.3) is 5.91 Å². The number of ether oxygens (including phenoxy) is 1. The van der Waals surface area contributed by atoms with Gasteiger partial charge in [0.05, 0.1) is 43.6 Å². The predicted molar refractivity (Wildman–Crippen MR) is 126 cm³/mol. The summed E-state index contributed by atoms with van der Waals surface area (Å²) in [5, 5.41) is 15.2. The van der Waals surface area contributed by atoms with Crippen LogP contribution in [-0.2, 0) is 25.7 Å². The molecule has 3 amide bonds. The summed E-state index contributed by atoms with van der Waals surface area (Å²) in [5.41, 5.74) is 1.32. The van der Waals surface area contributed by atoms with Crippen LogP contribution in [0.3, 0.4) is 0 Å². The zero-order valence-electron chi connectivity index (χ0n) is 20.6. The van der Waals surface area contributed by atoms with Crippen molar-refractivity contribution in [3.63, 3.8) is 0 Å². The van der Waals surface area contributed by atoms with Gasteiger partial charge in [0.1, 0.15) is 0 Å². The Morgan fingerprint density at radius 1 is 1.08 bits per heavy atom. The summed E-state index contributed by atoms with van der Waals surface area (Å²) in [5.74, 6) is -4.00. The maximum absolute atomic E-state index is 13.7. The SMILES string of the molecule is N#CCCC(=O)N1CCN(C(=O)CCOC[C@@H]2c3ccccc3CN2C2=CN=NC(=O)C2C(F)(F)F)CC1. The van der Waals surface area contributed by atoms with Crippen LogP contribution >= 0.6 is 0 Å². The number of rotatable bonds is 8. The smallest absolute Gasteiger partial charge is 0.378 e. The van der Waals surface area contributed by atoms with E-state index in [4.69, 9.17) is 10.00 Å². The summed E-state index contributed by atoms with van der Waals surface area (Å²) < 4.78 is 47.0. The van der Waals surface area contributed by atoms with E-state index in [-0.39, 0.29) is 56.5 Å². The fraction of sp³-hybridized carbons (Fsp3) is 0.520. The number of fused-ring (bicyclic) bond motifs is 1. The molecule has 202 valence electrons. The summed E-state index contributed by atoms with van der Waals surface area (Å²) in [6.45, 7) is 1.80. The molecule has 2 atom stereocenters. The van der Waals surface area contributed by atoms with Crippen LogP contribution in [0.1, 0.15) is 36.4 Å². The molecule has 1 fully saturated rings. The lowest BCUT2D eigenvalue weighted by Gasteiger charge is -2.35. The van der Waals surface area contributed by atoms with E-state index in [9.17, 15) is 27.6 Å². The van der Waals surface area contributed by atoms with Crippen molar-refractivity contribution in [1.29, 1.82) is 5.26 Å². The molecule has 1 aromatic rings. The minimum Gasteiger partial charge on any atom is -0.378 e. The van der Waals surface area contributed by atoms with E-state index in [1.807, 2.05) is 12.1 Å². The molecule has 0 bridgehead atoms. The molecule has 3 aliphatic rings. The summed E-state index contributed by atoms with van der Waals surface area (Å²) in [6, 6.07) is 8.54. The molecule has 0 radical (unpaired) electrons. The Morgan fingerprint density at radius 2 is 1.74 bits per heavy atom. The lowest BCUT2D eigenvalue weighted by atomic mass is 10.0. The van der Waals surface area contributed by atoms with Gasteiger partial charge in [0.2, 0.25) is 11.8 Å². The Kier molecular flexibility index (Phi) is 8.41. The molecule has 0 saturated carbocycles. The fourth-order valence-corrected chi connectivity index (χ4v) is 4.91. The highest BCUT2D eigenvalue weighted by molar-refractivity contribution is 5.83. The van der Waals surface area contributed by atoms with E-state index in [1.54, 1.807) is 28.0 Å². The highest BCUT2D eigenvalue weighted by Gasteiger charge is 2.52. The lowest BCUT2D eigenvalue weighted by molar-refractivity contribution is -0.178. The van der Waals surface area contributed by atoms with Gasteiger partial charge in [0.15, 0.2) is 5.92 Å². The number of hydrogen-bond donors (Lipinski definition) is 0. The number of nitriles is 1. The average molecular weight is 533 g/mol. The summed E-state index contributed by atoms with van der Waals surface area (Å²) in [4.78, 5) is 41.5. The Labute approximate surface area is 217 Å². The maximum Gasteiger partial charge on any atom is 0.406 e. The van der Waals surface area contributed by atoms with E-state index < -0.39 is 24.0 Å². The highest BCUT2D eigenvalue weighted by atomic mass is 19.4. The van der Waals surface area contributed by atoms with E-state index >= 15 is 0 Å². The summed E-state index contributed by atoms with van der Waals surface area (Å²) in [6.07, 6.45) is -3.44. The standard InChI is InChI=1S/C25H27F3N6O4/c26-25(27,28)23-19(14-30-31-24(23)37)34-15-17-4-1-2-5-18(17)20(34)16-38-13-7-22(36)33-11-9-32(10-12-33)21(35)6-3-8-29/h1-2,4-5,14,20,23H,3,6-7,9-13,15-16H2/t20-,23?/m1/s1. The highest BCUT2D eigenvalue weighted by Crippen LogP contribution is 2.44. The van der Waals surface area contributed by atoms with Crippen LogP contribution in [0.15, 0.2) is 46.4 Å². The van der Waals surface area contributed by atoms with Crippen LogP contribution < -0.4 is 0 Å². The second kappa shape index (κ2) is 11.7. The van der Waals surface area contributed by atoms with E-state index in [1.165, 1.54) is 4.90 Å². The second-order valence-corrected chi connectivity index (χ2v) is 9.17. The number of azo groups is 1. The first-order valence-corrected chi connectivity index (χ1v) is 12.3. The van der Waals surface area contributed by atoms with Gasteiger partial charge in [-0.05, 0) is 11.1 Å². The average Bonchev–Trinajstić information content (AvgIpc) is 3.27. The molecule has 3 aliphatic heterocycles. The number of carbonyl (C=O) groups excluding carboxylic acids is 3. The van der Waals surface area contributed by atoms with Gasteiger partial charge in [0, 0.05) is 45.6 Å². The van der Waals surface area contributed by atoms with Gasteiger partial charge in [-0.25, -0.2) is 0 Å². The summed E-state index contributed by atoms with van der Waals surface area (Å²) in [7, 11) is 0. The number of piperazine rings is 1. The fourth-order valence-electron chi connectivity index (χ4n) is 4.91. The molecule has 13 heteroatoms. The van der Waals surface area contributed by atoms with Crippen LogP contribution in [0.5, 0.6) is 0 Å². The minimum absolute atomic E-state index is 0.0126. The van der Waals surface area contributed by atoms with Crippen molar-refractivity contribution in [2.24, 2.45) is 16.1 Å². The molecule has 1 saturated heterocycles. The normalized spacial score (nSPS) is 21.3. The Hall–Kier alpha value is -3.79. The minimum atomic E-state index is -4.82. The third kappa shape index (κ3) is 6.02. The first kappa shape index (κ1) is 27.3. The van der Waals surface area contributed by atoms with E-state index in [0.29, 0.717) is 26.2 Å². The van der Waals surface area contributed by atoms with Crippen molar-refractivity contribution in [2.75, 3.05) is 39.4 Å². The topological polar surface area (TPSA) is 119 Å². The van der Waals surface area contributed by atoms with Crippen LogP contribution in [0.25, 0.3) is 0 Å². The Balaban J connectivity index is 1.33. The van der Waals surface area contributed by atoms with Gasteiger partial charge in [-0.1, -0.05) is 24.3 Å². The van der Waals surface area contributed by atoms with Crippen molar-refractivity contribution in [3.05, 3.63) is 47.3 Å². The van der Waals surface area contributed by atoms with Crippen molar-refractivity contribution < 1.29 is 32.3 Å². The molecule has 0 N–H and O–H groups in total. The van der Waals surface area contributed by atoms with Crippen molar-refractivity contribution in [1.82, 2.24) is 14.7 Å². The molecule has 0 aliphatic carbocycles.